The Balaban J connectivity index is 0.000000321. The van der Waals surface area contributed by atoms with E-state index >= 15 is 0 Å². The molecule has 3 N–H and O–H groups in total. The lowest BCUT2D eigenvalue weighted by molar-refractivity contribution is -0.192. The lowest BCUT2D eigenvalue weighted by atomic mass is 10.0. The number of rotatable bonds is 4. The van der Waals surface area contributed by atoms with Gasteiger partial charge in [0.2, 0.25) is 0 Å². The number of carbonyl (C=O) groups excluding carboxylic acids is 1. The molecule has 6 nitrogen and oxygen atoms in total. The summed E-state index contributed by atoms with van der Waals surface area (Å²) in [7, 11) is 0. The van der Waals surface area contributed by atoms with Gasteiger partial charge in [-0.1, -0.05) is 11.6 Å². The van der Waals surface area contributed by atoms with Gasteiger partial charge in [-0.05, 0) is 36.4 Å². The Morgan fingerprint density at radius 1 is 1.19 bits per heavy atom. The number of halogens is 4. The van der Waals surface area contributed by atoms with Gasteiger partial charge in [-0.3, -0.25) is 4.79 Å². The lowest BCUT2D eigenvalue weighted by Gasteiger charge is -2.26. The third kappa shape index (κ3) is 6.30. The molecular formula is C17H16ClF3N2O4. The highest BCUT2D eigenvalue weighted by molar-refractivity contribution is 6.30. The summed E-state index contributed by atoms with van der Waals surface area (Å²) in [6, 6.07) is 10.8. The van der Waals surface area contributed by atoms with Crippen molar-refractivity contribution < 1.29 is 32.3 Å². The zero-order valence-electron chi connectivity index (χ0n) is 13.8. The Kier molecular flexibility index (Phi) is 6.86. The Hall–Kier alpha value is -2.52. The molecule has 1 aliphatic heterocycles. The van der Waals surface area contributed by atoms with E-state index in [1.807, 2.05) is 12.1 Å². The number of aliphatic carboxylic acids is 1. The summed E-state index contributed by atoms with van der Waals surface area (Å²) in [6.07, 6.45) is -5.08. The maximum atomic E-state index is 11.9. The molecule has 10 heteroatoms. The molecule has 0 radical (unpaired) electrons. The van der Waals surface area contributed by atoms with Gasteiger partial charge in [-0.25, -0.2) is 4.79 Å². The SMILES string of the molecule is O=C(NCC1CNC1)c1ccc(-c2ccc(Cl)cc2)o1.O=C(O)C(F)(F)F. The van der Waals surface area contributed by atoms with Crippen molar-refractivity contribution in [2.45, 2.75) is 6.18 Å². The van der Waals surface area contributed by atoms with E-state index in [1.54, 1.807) is 24.3 Å². The van der Waals surface area contributed by atoms with Crippen LogP contribution in [-0.4, -0.2) is 42.8 Å². The van der Waals surface area contributed by atoms with E-state index in [1.165, 1.54) is 0 Å². The summed E-state index contributed by atoms with van der Waals surface area (Å²) in [6.45, 7) is 2.62. The van der Waals surface area contributed by atoms with E-state index in [2.05, 4.69) is 10.6 Å². The molecule has 1 aliphatic rings. The third-order valence-electron chi connectivity index (χ3n) is 3.62. The van der Waals surface area contributed by atoms with Crippen LogP contribution in [0.5, 0.6) is 0 Å². The molecule has 0 atom stereocenters. The van der Waals surface area contributed by atoms with Crippen LogP contribution in [0.4, 0.5) is 13.2 Å². The number of hydrogen-bond acceptors (Lipinski definition) is 4. The first-order valence-corrected chi connectivity index (χ1v) is 8.19. The van der Waals surface area contributed by atoms with Crippen molar-refractivity contribution in [1.82, 2.24) is 10.6 Å². The summed E-state index contributed by atoms with van der Waals surface area (Å²) in [5, 5.41) is 13.8. The molecule has 0 aliphatic carbocycles. The first kappa shape index (κ1) is 20.8. The van der Waals surface area contributed by atoms with E-state index in [0.29, 0.717) is 29.0 Å². The minimum Gasteiger partial charge on any atom is -0.475 e. The third-order valence-corrected chi connectivity index (χ3v) is 3.87. The van der Waals surface area contributed by atoms with Crippen molar-refractivity contribution >= 4 is 23.5 Å². The summed E-state index contributed by atoms with van der Waals surface area (Å²) in [5.41, 5.74) is 0.900. The first-order chi connectivity index (χ1) is 12.7. The van der Waals surface area contributed by atoms with Crippen LogP contribution in [0.3, 0.4) is 0 Å². The van der Waals surface area contributed by atoms with Gasteiger partial charge in [0, 0.05) is 36.1 Å². The number of nitrogens with one attached hydrogen (secondary N) is 2. The Morgan fingerprint density at radius 2 is 1.78 bits per heavy atom. The van der Waals surface area contributed by atoms with Crippen molar-refractivity contribution in [2.75, 3.05) is 19.6 Å². The number of carboxylic acid groups (broad SMARTS) is 1. The molecule has 1 aromatic heterocycles. The van der Waals surface area contributed by atoms with Gasteiger partial charge in [0.1, 0.15) is 5.76 Å². The minimum absolute atomic E-state index is 0.169. The smallest absolute Gasteiger partial charge is 0.475 e. The molecule has 27 heavy (non-hydrogen) atoms. The molecular weight excluding hydrogens is 389 g/mol. The van der Waals surface area contributed by atoms with Crippen LogP contribution < -0.4 is 10.6 Å². The number of amides is 1. The van der Waals surface area contributed by atoms with Gasteiger partial charge in [0.15, 0.2) is 5.76 Å². The van der Waals surface area contributed by atoms with Gasteiger partial charge in [0.25, 0.3) is 5.91 Å². The second-order valence-electron chi connectivity index (χ2n) is 5.71. The van der Waals surface area contributed by atoms with Gasteiger partial charge >= 0.3 is 12.1 Å². The number of hydrogen-bond donors (Lipinski definition) is 3. The number of carboxylic acids is 1. The minimum atomic E-state index is -5.08. The second kappa shape index (κ2) is 8.92. The maximum absolute atomic E-state index is 11.9. The molecule has 1 amide bonds. The average molecular weight is 405 g/mol. The van der Waals surface area contributed by atoms with Crippen molar-refractivity contribution in [1.29, 1.82) is 0 Å². The summed E-state index contributed by atoms with van der Waals surface area (Å²) < 4.78 is 37.3. The summed E-state index contributed by atoms with van der Waals surface area (Å²) >= 11 is 5.85. The maximum Gasteiger partial charge on any atom is 0.490 e. The fraction of sp³-hybridized carbons (Fsp3) is 0.294. The normalized spacial score (nSPS) is 13.9. The van der Waals surface area contributed by atoms with Crippen LogP contribution in [0.2, 0.25) is 5.02 Å². The molecule has 0 unspecified atom stereocenters. The lowest BCUT2D eigenvalue weighted by Crippen LogP contribution is -2.48. The average Bonchev–Trinajstić information content (AvgIpc) is 3.03. The highest BCUT2D eigenvalue weighted by Gasteiger charge is 2.38. The Morgan fingerprint density at radius 3 is 2.26 bits per heavy atom. The van der Waals surface area contributed by atoms with Crippen molar-refractivity contribution in [3.05, 3.63) is 47.2 Å². The number of benzene rings is 1. The van der Waals surface area contributed by atoms with Crippen LogP contribution in [0.25, 0.3) is 11.3 Å². The van der Waals surface area contributed by atoms with E-state index in [-0.39, 0.29) is 5.91 Å². The molecule has 2 aromatic rings. The van der Waals surface area contributed by atoms with Gasteiger partial charge in [-0.2, -0.15) is 13.2 Å². The number of furan rings is 1. The molecule has 1 fully saturated rings. The van der Waals surface area contributed by atoms with E-state index in [9.17, 15) is 18.0 Å². The van der Waals surface area contributed by atoms with Gasteiger partial charge < -0.3 is 20.2 Å². The molecule has 1 aromatic carbocycles. The largest absolute Gasteiger partial charge is 0.490 e. The first-order valence-electron chi connectivity index (χ1n) is 7.81. The van der Waals surface area contributed by atoms with Crippen molar-refractivity contribution in [3.8, 4) is 11.3 Å². The standard InChI is InChI=1S/C15H15ClN2O2.C2HF3O2/c16-12-3-1-11(2-4-12)13-5-6-14(20-13)15(19)18-9-10-7-17-8-10;3-2(4,5)1(6)7/h1-6,10,17H,7-9H2,(H,18,19);(H,6,7). The van der Waals surface area contributed by atoms with Crippen LogP contribution in [0.1, 0.15) is 10.6 Å². The topological polar surface area (TPSA) is 91.6 Å². The fourth-order valence-electron chi connectivity index (χ4n) is 2.05. The van der Waals surface area contributed by atoms with Crippen LogP contribution in [-0.2, 0) is 4.79 Å². The van der Waals surface area contributed by atoms with Crippen LogP contribution in [0, 0.1) is 5.92 Å². The second-order valence-corrected chi connectivity index (χ2v) is 6.14. The molecule has 0 spiro atoms. The van der Waals surface area contributed by atoms with Gasteiger partial charge in [0.05, 0.1) is 0 Å². The van der Waals surface area contributed by atoms with Crippen molar-refractivity contribution in [2.24, 2.45) is 5.92 Å². The predicted octanol–water partition coefficient (Wildman–Crippen LogP) is 3.18. The number of carbonyl (C=O) groups is 2. The van der Waals surface area contributed by atoms with E-state index in [4.69, 9.17) is 25.9 Å². The predicted molar refractivity (Wildman–Crippen MR) is 91.5 cm³/mol. The van der Waals surface area contributed by atoms with Gasteiger partial charge in [-0.15, -0.1) is 0 Å². The quantitative estimate of drug-likeness (QED) is 0.728. The molecule has 2 heterocycles. The molecule has 3 rings (SSSR count). The molecule has 1 saturated heterocycles. The highest BCUT2D eigenvalue weighted by Crippen LogP contribution is 2.23. The Bertz CT molecular complexity index is 786. The fourth-order valence-corrected chi connectivity index (χ4v) is 2.17. The van der Waals surface area contributed by atoms with Crippen LogP contribution in [0.15, 0.2) is 40.8 Å². The molecule has 0 bridgehead atoms. The zero-order valence-corrected chi connectivity index (χ0v) is 14.6. The summed E-state index contributed by atoms with van der Waals surface area (Å²) in [5.74, 6) is -1.39. The van der Waals surface area contributed by atoms with E-state index < -0.39 is 12.1 Å². The zero-order chi connectivity index (χ0) is 20.0. The molecule has 0 saturated carbocycles. The molecule has 146 valence electrons. The van der Waals surface area contributed by atoms with Crippen molar-refractivity contribution in [3.63, 3.8) is 0 Å². The van der Waals surface area contributed by atoms with Crippen LogP contribution >= 0.6 is 11.6 Å². The monoisotopic (exact) mass is 404 g/mol. The highest BCUT2D eigenvalue weighted by atomic mass is 35.5. The summed E-state index contributed by atoms with van der Waals surface area (Å²) in [4.78, 5) is 20.8. The van der Waals surface area contributed by atoms with E-state index in [0.717, 1.165) is 18.7 Å². The number of alkyl halides is 3. The Labute approximate surface area is 157 Å².